The molecule has 0 bridgehead atoms. The summed E-state index contributed by atoms with van der Waals surface area (Å²) >= 11 is 2.24. The van der Waals surface area contributed by atoms with Crippen molar-refractivity contribution in [2.75, 3.05) is 7.11 Å². The number of aromatic nitrogens is 2. The minimum absolute atomic E-state index is 0.130. The molecule has 0 aliphatic heterocycles. The maximum absolute atomic E-state index is 13.5. The van der Waals surface area contributed by atoms with E-state index in [2.05, 4.69) is 34.6 Å². The Kier molecular flexibility index (Phi) is 6.77. The molecular formula is C28H24IN3O4. The van der Waals surface area contributed by atoms with Crippen molar-refractivity contribution in [3.05, 3.63) is 86.2 Å². The van der Waals surface area contributed by atoms with E-state index in [9.17, 15) is 4.79 Å². The van der Waals surface area contributed by atoms with Gasteiger partial charge in [-0.05, 0) is 90.0 Å². The lowest BCUT2D eigenvalue weighted by molar-refractivity contribution is 0.216. The van der Waals surface area contributed by atoms with Crippen LogP contribution in [0, 0.1) is 3.57 Å². The van der Waals surface area contributed by atoms with Crippen LogP contribution in [0.2, 0.25) is 0 Å². The second-order valence-electron chi connectivity index (χ2n) is 8.32. The molecule has 0 unspecified atom stereocenters. The first kappa shape index (κ1) is 24.1. The van der Waals surface area contributed by atoms with E-state index in [0.717, 1.165) is 26.7 Å². The topological polar surface area (TPSA) is 78.8 Å². The lowest BCUT2D eigenvalue weighted by atomic mass is 10.2. The first-order valence-electron chi connectivity index (χ1n) is 11.6. The second kappa shape index (κ2) is 10.1. The van der Waals surface area contributed by atoms with Crippen LogP contribution in [0.25, 0.3) is 33.5 Å². The van der Waals surface area contributed by atoms with Crippen LogP contribution in [0.1, 0.15) is 25.8 Å². The van der Waals surface area contributed by atoms with Crippen LogP contribution in [0.4, 0.5) is 0 Å². The normalized spacial score (nSPS) is 12.4. The Morgan fingerprint density at radius 2 is 1.92 bits per heavy atom. The molecule has 0 amide bonds. The number of para-hydroxylation sites is 1. The highest BCUT2D eigenvalue weighted by Gasteiger charge is 2.18. The highest BCUT2D eigenvalue weighted by Crippen LogP contribution is 2.33. The van der Waals surface area contributed by atoms with Crippen LogP contribution in [0.3, 0.4) is 0 Å². The van der Waals surface area contributed by atoms with E-state index in [-0.39, 0.29) is 11.7 Å². The number of fused-ring (bicyclic) bond motifs is 2. The third-order valence-electron chi connectivity index (χ3n) is 5.90. The number of nitrogens with zero attached hydrogens (tertiary/aromatic N) is 3. The van der Waals surface area contributed by atoms with Gasteiger partial charge in [-0.1, -0.05) is 25.1 Å². The number of hydrogen-bond donors (Lipinski definition) is 0. The van der Waals surface area contributed by atoms with E-state index in [1.54, 1.807) is 25.5 Å². The van der Waals surface area contributed by atoms with E-state index in [1.165, 1.54) is 4.68 Å². The molecule has 0 aliphatic rings. The average molecular weight is 593 g/mol. The Hall–Kier alpha value is -3.66. The van der Waals surface area contributed by atoms with Gasteiger partial charge in [-0.15, -0.1) is 0 Å². The quantitative estimate of drug-likeness (QED) is 0.159. The van der Waals surface area contributed by atoms with E-state index in [0.29, 0.717) is 33.8 Å². The molecule has 0 fully saturated rings. The molecule has 5 rings (SSSR count). The number of ether oxygens (including phenoxy) is 2. The summed E-state index contributed by atoms with van der Waals surface area (Å²) in [7, 11) is 1.61. The fraction of sp³-hybridized carbons (Fsp3) is 0.179. The Balaban J connectivity index is 1.62. The molecule has 0 spiro atoms. The van der Waals surface area contributed by atoms with Gasteiger partial charge in [-0.3, -0.25) is 4.79 Å². The highest BCUT2D eigenvalue weighted by atomic mass is 127. The van der Waals surface area contributed by atoms with Gasteiger partial charge in [0.25, 0.3) is 5.56 Å². The van der Waals surface area contributed by atoms with Crippen molar-refractivity contribution in [2.45, 2.75) is 26.4 Å². The van der Waals surface area contributed by atoms with Gasteiger partial charge < -0.3 is 13.9 Å². The summed E-state index contributed by atoms with van der Waals surface area (Å²) in [6.07, 6.45) is 2.69. The van der Waals surface area contributed by atoms with Crippen molar-refractivity contribution >= 4 is 50.7 Å². The molecule has 2 aromatic heterocycles. The maximum Gasteiger partial charge on any atom is 0.282 e. The molecule has 8 heteroatoms. The second-order valence-corrected chi connectivity index (χ2v) is 9.49. The molecule has 0 radical (unpaired) electrons. The Morgan fingerprint density at radius 3 is 2.69 bits per heavy atom. The molecule has 0 saturated carbocycles. The van der Waals surface area contributed by atoms with Gasteiger partial charge in [0, 0.05) is 0 Å². The van der Waals surface area contributed by atoms with Crippen molar-refractivity contribution in [2.24, 2.45) is 5.10 Å². The van der Waals surface area contributed by atoms with Crippen molar-refractivity contribution in [1.82, 2.24) is 9.66 Å². The van der Waals surface area contributed by atoms with Gasteiger partial charge in [0.1, 0.15) is 17.1 Å². The van der Waals surface area contributed by atoms with Gasteiger partial charge in [0.2, 0.25) is 5.82 Å². The minimum Gasteiger partial charge on any atom is -0.496 e. The van der Waals surface area contributed by atoms with Crippen LogP contribution in [0.15, 0.2) is 81.0 Å². The summed E-state index contributed by atoms with van der Waals surface area (Å²) in [5, 5.41) is 5.81. The molecule has 5 aromatic rings. The molecule has 0 N–H and O–H groups in total. The van der Waals surface area contributed by atoms with Crippen molar-refractivity contribution in [1.29, 1.82) is 0 Å². The van der Waals surface area contributed by atoms with Gasteiger partial charge >= 0.3 is 0 Å². The van der Waals surface area contributed by atoms with E-state index in [4.69, 9.17) is 18.9 Å². The lowest BCUT2D eigenvalue weighted by Crippen LogP contribution is -2.20. The molecule has 36 heavy (non-hydrogen) atoms. The predicted molar refractivity (Wildman–Crippen MR) is 150 cm³/mol. The van der Waals surface area contributed by atoms with Crippen LogP contribution >= 0.6 is 22.6 Å². The van der Waals surface area contributed by atoms with Gasteiger partial charge in [-0.25, -0.2) is 4.98 Å². The molecule has 7 nitrogen and oxygen atoms in total. The van der Waals surface area contributed by atoms with Gasteiger partial charge in [0.05, 0.1) is 39.3 Å². The molecule has 3 aromatic carbocycles. The molecule has 0 aliphatic carbocycles. The summed E-state index contributed by atoms with van der Waals surface area (Å²) in [5.74, 6) is 2.22. The summed E-state index contributed by atoms with van der Waals surface area (Å²) in [6.45, 7) is 4.13. The molecule has 1 atom stereocenters. The molecule has 182 valence electrons. The Morgan fingerprint density at radius 1 is 1.08 bits per heavy atom. The zero-order chi connectivity index (χ0) is 25.2. The monoisotopic (exact) mass is 593 g/mol. The minimum atomic E-state index is -0.286. The predicted octanol–water partition coefficient (Wildman–Crippen LogP) is 6.48. The number of methoxy groups -OCH3 is 1. The third kappa shape index (κ3) is 4.60. The van der Waals surface area contributed by atoms with E-state index < -0.39 is 0 Å². The number of hydrogen-bond acceptors (Lipinski definition) is 6. The van der Waals surface area contributed by atoms with Crippen LogP contribution < -0.4 is 15.0 Å². The number of rotatable bonds is 7. The summed E-state index contributed by atoms with van der Waals surface area (Å²) < 4.78 is 19.8. The van der Waals surface area contributed by atoms with Gasteiger partial charge in [-0.2, -0.15) is 9.78 Å². The largest absolute Gasteiger partial charge is 0.496 e. The molecular weight excluding hydrogens is 569 g/mol. The summed E-state index contributed by atoms with van der Waals surface area (Å²) in [5.41, 5.74) is 1.74. The zero-order valence-corrected chi connectivity index (χ0v) is 22.2. The fourth-order valence-corrected chi connectivity index (χ4v) is 4.50. The lowest BCUT2D eigenvalue weighted by Gasteiger charge is -2.14. The third-order valence-corrected chi connectivity index (χ3v) is 6.74. The average Bonchev–Trinajstić information content (AvgIpc) is 3.34. The van der Waals surface area contributed by atoms with E-state index >= 15 is 0 Å². The first-order valence-corrected chi connectivity index (χ1v) is 12.7. The number of benzene rings is 3. The van der Waals surface area contributed by atoms with Crippen LogP contribution in [-0.4, -0.2) is 29.1 Å². The molecule has 2 heterocycles. The van der Waals surface area contributed by atoms with Crippen molar-refractivity contribution in [3.63, 3.8) is 0 Å². The van der Waals surface area contributed by atoms with Gasteiger partial charge in [0.15, 0.2) is 5.76 Å². The SMILES string of the molecule is CC[C@@H](C)Oc1ccc(C=Nn2c(-c3cc4c(OC)cccc4o3)nc3ccccc3c2=O)cc1I. The Labute approximate surface area is 221 Å². The summed E-state index contributed by atoms with van der Waals surface area (Å²) in [6, 6.07) is 20.4. The standard InChI is InChI=1S/C28H24IN3O4/c1-4-17(2)35-25-13-12-18(14-21(25)29)16-30-32-27(31-22-9-6-5-8-19(22)28(32)33)26-15-20-23(34-3)10-7-11-24(20)36-26/h5-17H,4H2,1-3H3/t17-/m1/s1. The van der Waals surface area contributed by atoms with E-state index in [1.807, 2.05) is 61.5 Å². The molecule has 0 saturated heterocycles. The zero-order valence-electron chi connectivity index (χ0n) is 20.1. The smallest absolute Gasteiger partial charge is 0.282 e. The Bertz CT molecular complexity index is 1650. The number of halogens is 1. The first-order chi connectivity index (χ1) is 17.5. The summed E-state index contributed by atoms with van der Waals surface area (Å²) in [4.78, 5) is 18.2. The fourth-order valence-electron chi connectivity index (χ4n) is 3.83. The van der Waals surface area contributed by atoms with Crippen molar-refractivity contribution < 1.29 is 13.9 Å². The van der Waals surface area contributed by atoms with Crippen molar-refractivity contribution in [3.8, 4) is 23.1 Å². The van der Waals surface area contributed by atoms with Crippen LogP contribution in [0.5, 0.6) is 11.5 Å². The number of furan rings is 1. The van der Waals surface area contributed by atoms with Crippen LogP contribution in [-0.2, 0) is 0 Å². The highest BCUT2D eigenvalue weighted by molar-refractivity contribution is 14.1. The maximum atomic E-state index is 13.5.